The Balaban J connectivity index is 1.75. The number of rotatable bonds is 11. The highest BCUT2D eigenvalue weighted by Crippen LogP contribution is 2.29. The average molecular weight is 514 g/mol. The highest BCUT2D eigenvalue weighted by Gasteiger charge is 2.41. The third-order valence-corrected chi connectivity index (χ3v) is 7.62. The Bertz CT molecular complexity index is 918. The van der Waals surface area contributed by atoms with E-state index >= 15 is 0 Å². The summed E-state index contributed by atoms with van der Waals surface area (Å²) in [4.78, 5) is 54.5. The van der Waals surface area contributed by atoms with Crippen LogP contribution < -0.4 is 21.3 Å². The number of benzene rings is 1. The molecule has 1 aromatic rings. The van der Waals surface area contributed by atoms with E-state index in [4.69, 9.17) is 0 Å². The van der Waals surface area contributed by atoms with Crippen LogP contribution in [0.3, 0.4) is 0 Å². The van der Waals surface area contributed by atoms with Crippen LogP contribution in [0.4, 0.5) is 0 Å². The molecule has 37 heavy (non-hydrogen) atoms. The zero-order chi connectivity index (χ0) is 26.8. The molecule has 1 aliphatic heterocycles. The van der Waals surface area contributed by atoms with Crippen LogP contribution in [0.5, 0.6) is 0 Å². The molecule has 4 unspecified atom stereocenters. The largest absolute Gasteiger partial charge is 0.355 e. The SMILES string of the molecule is CCNC(=O)C(Cc1ccccc1)NC(=O)C1CCCN1C(=O)C(NC(=O)C(C)NC)C1CCCCC1. The van der Waals surface area contributed by atoms with Gasteiger partial charge in [0, 0.05) is 19.5 Å². The van der Waals surface area contributed by atoms with Gasteiger partial charge in [0.2, 0.25) is 23.6 Å². The van der Waals surface area contributed by atoms with Gasteiger partial charge in [0.05, 0.1) is 6.04 Å². The van der Waals surface area contributed by atoms with Gasteiger partial charge in [0.15, 0.2) is 0 Å². The van der Waals surface area contributed by atoms with Crippen LogP contribution in [0.1, 0.15) is 64.4 Å². The molecule has 9 nitrogen and oxygen atoms in total. The number of carbonyl (C=O) groups excluding carboxylic acids is 4. The van der Waals surface area contributed by atoms with Gasteiger partial charge >= 0.3 is 0 Å². The highest BCUT2D eigenvalue weighted by atomic mass is 16.2. The summed E-state index contributed by atoms with van der Waals surface area (Å²) in [6, 6.07) is 7.08. The van der Waals surface area contributed by atoms with Crippen molar-refractivity contribution in [3.63, 3.8) is 0 Å². The van der Waals surface area contributed by atoms with Crippen molar-refractivity contribution in [1.29, 1.82) is 0 Å². The van der Waals surface area contributed by atoms with Crippen molar-refractivity contribution in [3.05, 3.63) is 35.9 Å². The minimum absolute atomic E-state index is 0.0553. The van der Waals surface area contributed by atoms with E-state index in [0.29, 0.717) is 32.4 Å². The van der Waals surface area contributed by atoms with Crippen LogP contribution in [-0.2, 0) is 25.6 Å². The van der Waals surface area contributed by atoms with E-state index in [1.807, 2.05) is 37.3 Å². The van der Waals surface area contributed by atoms with Gasteiger partial charge in [-0.2, -0.15) is 0 Å². The van der Waals surface area contributed by atoms with E-state index in [-0.39, 0.29) is 29.5 Å². The maximum atomic E-state index is 13.9. The van der Waals surface area contributed by atoms with Crippen molar-refractivity contribution in [2.75, 3.05) is 20.1 Å². The second-order valence-corrected chi connectivity index (χ2v) is 10.2. The van der Waals surface area contributed by atoms with E-state index in [9.17, 15) is 19.2 Å². The molecule has 4 N–H and O–H groups in total. The molecule has 1 aromatic carbocycles. The van der Waals surface area contributed by atoms with Gasteiger partial charge in [-0.1, -0.05) is 49.6 Å². The Morgan fingerprint density at radius 2 is 1.65 bits per heavy atom. The van der Waals surface area contributed by atoms with Crippen molar-refractivity contribution in [2.45, 2.75) is 89.4 Å². The van der Waals surface area contributed by atoms with Gasteiger partial charge < -0.3 is 26.2 Å². The number of amides is 4. The number of likely N-dealkylation sites (tertiary alicyclic amines) is 1. The summed E-state index contributed by atoms with van der Waals surface area (Å²) in [6.07, 6.45) is 6.55. The van der Waals surface area contributed by atoms with Crippen LogP contribution >= 0.6 is 0 Å². The summed E-state index contributed by atoms with van der Waals surface area (Å²) in [5, 5.41) is 11.7. The minimum atomic E-state index is -0.738. The summed E-state index contributed by atoms with van der Waals surface area (Å²) in [7, 11) is 1.71. The van der Waals surface area contributed by atoms with Crippen molar-refractivity contribution in [1.82, 2.24) is 26.2 Å². The van der Waals surface area contributed by atoms with E-state index in [2.05, 4.69) is 21.3 Å². The molecule has 1 saturated heterocycles. The van der Waals surface area contributed by atoms with Crippen molar-refractivity contribution >= 4 is 23.6 Å². The molecule has 0 spiro atoms. The van der Waals surface area contributed by atoms with Gasteiger partial charge in [-0.3, -0.25) is 19.2 Å². The number of nitrogens with zero attached hydrogens (tertiary/aromatic N) is 1. The molecule has 4 amide bonds. The van der Waals surface area contributed by atoms with E-state index < -0.39 is 24.2 Å². The lowest BCUT2D eigenvalue weighted by Crippen LogP contribution is -2.59. The molecule has 0 radical (unpaired) electrons. The molecule has 204 valence electrons. The smallest absolute Gasteiger partial charge is 0.246 e. The first kappa shape index (κ1) is 28.6. The zero-order valence-corrected chi connectivity index (χ0v) is 22.4. The summed E-state index contributed by atoms with van der Waals surface area (Å²) in [5.74, 6) is -0.927. The predicted octanol–water partition coefficient (Wildman–Crippen LogP) is 1.51. The van der Waals surface area contributed by atoms with Crippen LogP contribution in [-0.4, -0.2) is 72.8 Å². The molecule has 4 atom stereocenters. The fourth-order valence-electron chi connectivity index (χ4n) is 5.36. The van der Waals surface area contributed by atoms with Crippen molar-refractivity contribution in [2.24, 2.45) is 5.92 Å². The fourth-order valence-corrected chi connectivity index (χ4v) is 5.36. The maximum Gasteiger partial charge on any atom is 0.246 e. The molecule has 0 aromatic heterocycles. The second kappa shape index (κ2) is 14.1. The minimum Gasteiger partial charge on any atom is -0.355 e. The number of likely N-dealkylation sites (N-methyl/N-ethyl adjacent to an activating group) is 2. The second-order valence-electron chi connectivity index (χ2n) is 10.2. The summed E-state index contributed by atoms with van der Waals surface area (Å²) < 4.78 is 0. The van der Waals surface area contributed by atoms with Crippen LogP contribution in [0.15, 0.2) is 30.3 Å². The molecule has 0 bridgehead atoms. The first-order valence-corrected chi connectivity index (χ1v) is 13.8. The molecular weight excluding hydrogens is 470 g/mol. The quantitative estimate of drug-likeness (QED) is 0.358. The number of carbonyl (C=O) groups is 4. The molecule has 9 heteroatoms. The zero-order valence-electron chi connectivity index (χ0n) is 22.4. The Labute approximate surface area is 220 Å². The Morgan fingerprint density at radius 3 is 2.30 bits per heavy atom. The Kier molecular flexibility index (Phi) is 10.9. The topological polar surface area (TPSA) is 120 Å². The Morgan fingerprint density at radius 1 is 0.946 bits per heavy atom. The standard InChI is InChI=1S/C28H43N5O4/c1-4-30-26(35)22(18-20-12-7-5-8-13-20)31-27(36)23-16-11-17-33(23)28(37)24(21-14-9-6-10-15-21)32-25(34)19(2)29-3/h5,7-8,12-13,19,21-24,29H,4,6,9-11,14-18H2,1-3H3,(H,30,35)(H,31,36)(H,32,34). The molecule has 3 rings (SSSR count). The van der Waals surface area contributed by atoms with Crippen LogP contribution in [0.2, 0.25) is 0 Å². The van der Waals surface area contributed by atoms with E-state index in [0.717, 1.165) is 37.7 Å². The maximum absolute atomic E-state index is 13.9. The number of hydrogen-bond acceptors (Lipinski definition) is 5. The summed E-state index contributed by atoms with van der Waals surface area (Å²) in [5.41, 5.74) is 0.942. The molecular formula is C28H43N5O4. The molecule has 1 heterocycles. The summed E-state index contributed by atoms with van der Waals surface area (Å²) >= 11 is 0. The van der Waals surface area contributed by atoms with Crippen molar-refractivity contribution < 1.29 is 19.2 Å². The lowest BCUT2D eigenvalue weighted by atomic mass is 9.83. The lowest BCUT2D eigenvalue weighted by Gasteiger charge is -2.35. The van der Waals surface area contributed by atoms with Crippen molar-refractivity contribution in [3.8, 4) is 0 Å². The number of nitrogens with one attached hydrogen (secondary N) is 4. The molecule has 2 aliphatic rings. The Hall–Kier alpha value is -2.94. The van der Waals surface area contributed by atoms with Crippen LogP contribution in [0, 0.1) is 5.92 Å². The predicted molar refractivity (Wildman–Crippen MR) is 143 cm³/mol. The third-order valence-electron chi connectivity index (χ3n) is 7.62. The first-order chi connectivity index (χ1) is 17.8. The first-order valence-electron chi connectivity index (χ1n) is 13.8. The van der Waals surface area contributed by atoms with Gasteiger partial charge in [0.1, 0.15) is 18.1 Å². The monoisotopic (exact) mass is 513 g/mol. The van der Waals surface area contributed by atoms with Gasteiger partial charge in [-0.15, -0.1) is 0 Å². The van der Waals surface area contributed by atoms with E-state index in [1.54, 1.807) is 18.9 Å². The van der Waals surface area contributed by atoms with E-state index in [1.165, 1.54) is 0 Å². The highest BCUT2D eigenvalue weighted by molar-refractivity contribution is 5.95. The molecule has 1 saturated carbocycles. The molecule has 2 fully saturated rings. The average Bonchev–Trinajstić information content (AvgIpc) is 3.42. The summed E-state index contributed by atoms with van der Waals surface area (Å²) in [6.45, 7) is 4.52. The van der Waals surface area contributed by atoms with Gasteiger partial charge in [-0.05, 0) is 58.1 Å². The normalized spacial score (nSPS) is 20.5. The number of hydrogen-bond donors (Lipinski definition) is 4. The lowest BCUT2D eigenvalue weighted by molar-refractivity contribution is -0.143. The third kappa shape index (κ3) is 7.77. The van der Waals surface area contributed by atoms with Gasteiger partial charge in [0.25, 0.3) is 0 Å². The molecule has 1 aliphatic carbocycles. The van der Waals surface area contributed by atoms with Crippen LogP contribution in [0.25, 0.3) is 0 Å². The fraction of sp³-hybridized carbons (Fsp3) is 0.643. The van der Waals surface area contributed by atoms with Gasteiger partial charge in [-0.25, -0.2) is 0 Å².